The summed E-state index contributed by atoms with van der Waals surface area (Å²) < 4.78 is 0. The molecule has 1 aliphatic carbocycles. The summed E-state index contributed by atoms with van der Waals surface area (Å²) in [6, 6.07) is 10.5. The van der Waals surface area contributed by atoms with Crippen molar-refractivity contribution >= 4 is 0 Å². The topological polar surface area (TPSA) is 0 Å². The van der Waals surface area contributed by atoms with Crippen LogP contribution in [0.4, 0.5) is 0 Å². The second kappa shape index (κ2) is 6.73. The Morgan fingerprint density at radius 3 is 1.69 bits per heavy atom. The van der Waals surface area contributed by atoms with E-state index in [1.807, 2.05) is 6.07 Å². The minimum Gasteiger partial charge on any atom is -0.0625 e. The Kier molecular flexibility index (Phi) is 5.59. The monoisotopic (exact) mass is 218 g/mol. The molecule has 1 aromatic rings. The van der Waals surface area contributed by atoms with E-state index >= 15 is 0 Å². The SMILES string of the molecule is CC(C)C1CCC1.CC(C)c1ccccc1. The smallest absolute Gasteiger partial charge is 0.0219 e. The van der Waals surface area contributed by atoms with Crippen LogP contribution in [0, 0.1) is 11.8 Å². The molecule has 0 bridgehead atoms. The summed E-state index contributed by atoms with van der Waals surface area (Å²) in [5.74, 6) is 2.69. The highest BCUT2D eigenvalue weighted by Gasteiger charge is 2.19. The molecular formula is C16H26. The lowest BCUT2D eigenvalue weighted by Crippen LogP contribution is -2.16. The van der Waals surface area contributed by atoms with Gasteiger partial charge in [-0.05, 0) is 23.3 Å². The molecule has 0 aliphatic heterocycles. The second-order valence-corrected chi connectivity index (χ2v) is 5.50. The van der Waals surface area contributed by atoms with Crippen molar-refractivity contribution in [2.75, 3.05) is 0 Å². The zero-order valence-electron chi connectivity index (χ0n) is 11.2. The largest absolute Gasteiger partial charge is 0.0625 e. The van der Waals surface area contributed by atoms with Gasteiger partial charge in [-0.15, -0.1) is 0 Å². The van der Waals surface area contributed by atoms with E-state index in [0.717, 1.165) is 11.8 Å². The molecule has 0 saturated heterocycles. The summed E-state index contributed by atoms with van der Waals surface area (Å²) >= 11 is 0. The number of hydrogen-bond donors (Lipinski definition) is 0. The Morgan fingerprint density at radius 2 is 1.50 bits per heavy atom. The van der Waals surface area contributed by atoms with Gasteiger partial charge in [0.25, 0.3) is 0 Å². The number of benzene rings is 1. The van der Waals surface area contributed by atoms with Gasteiger partial charge in [0.2, 0.25) is 0 Å². The third-order valence-electron chi connectivity index (χ3n) is 3.56. The molecule has 16 heavy (non-hydrogen) atoms. The van der Waals surface area contributed by atoms with Gasteiger partial charge in [0.1, 0.15) is 0 Å². The molecule has 0 heterocycles. The maximum Gasteiger partial charge on any atom is -0.0219 e. The van der Waals surface area contributed by atoms with E-state index in [-0.39, 0.29) is 0 Å². The van der Waals surface area contributed by atoms with Gasteiger partial charge in [-0.3, -0.25) is 0 Å². The highest BCUT2D eigenvalue weighted by atomic mass is 14.3. The molecule has 1 saturated carbocycles. The van der Waals surface area contributed by atoms with Crippen LogP contribution in [0.15, 0.2) is 30.3 Å². The van der Waals surface area contributed by atoms with E-state index in [4.69, 9.17) is 0 Å². The molecule has 0 atom stereocenters. The van der Waals surface area contributed by atoms with E-state index in [2.05, 4.69) is 52.0 Å². The summed E-state index contributed by atoms with van der Waals surface area (Å²) in [5.41, 5.74) is 1.41. The quantitative estimate of drug-likeness (QED) is 0.635. The van der Waals surface area contributed by atoms with Crippen molar-refractivity contribution in [1.29, 1.82) is 0 Å². The third-order valence-corrected chi connectivity index (χ3v) is 3.56. The molecule has 1 aliphatic rings. The first kappa shape index (κ1) is 13.3. The van der Waals surface area contributed by atoms with Gasteiger partial charge in [0.05, 0.1) is 0 Å². The van der Waals surface area contributed by atoms with Gasteiger partial charge in [-0.25, -0.2) is 0 Å². The summed E-state index contributed by atoms with van der Waals surface area (Å²) in [6.07, 6.45) is 4.48. The Bertz CT molecular complexity index is 267. The van der Waals surface area contributed by atoms with Gasteiger partial charge in [0.15, 0.2) is 0 Å². The minimum atomic E-state index is 0.659. The van der Waals surface area contributed by atoms with Crippen molar-refractivity contribution in [3.63, 3.8) is 0 Å². The average molecular weight is 218 g/mol. The van der Waals surface area contributed by atoms with Crippen LogP contribution in [0.2, 0.25) is 0 Å². The van der Waals surface area contributed by atoms with E-state index in [1.54, 1.807) is 0 Å². The maximum absolute atomic E-state index is 2.32. The predicted molar refractivity (Wildman–Crippen MR) is 72.7 cm³/mol. The van der Waals surface area contributed by atoms with E-state index in [0.29, 0.717) is 5.92 Å². The van der Waals surface area contributed by atoms with E-state index < -0.39 is 0 Å². The molecule has 1 fully saturated rings. The van der Waals surface area contributed by atoms with Gasteiger partial charge in [0, 0.05) is 0 Å². The van der Waals surface area contributed by atoms with E-state index in [1.165, 1.54) is 24.8 Å². The van der Waals surface area contributed by atoms with Crippen molar-refractivity contribution in [2.45, 2.75) is 52.9 Å². The molecule has 0 N–H and O–H groups in total. The van der Waals surface area contributed by atoms with Crippen LogP contribution >= 0.6 is 0 Å². The van der Waals surface area contributed by atoms with Crippen LogP contribution < -0.4 is 0 Å². The molecule has 0 radical (unpaired) electrons. The van der Waals surface area contributed by atoms with Crippen molar-refractivity contribution in [1.82, 2.24) is 0 Å². The van der Waals surface area contributed by atoms with Crippen LogP contribution in [0.5, 0.6) is 0 Å². The molecule has 2 rings (SSSR count). The Balaban J connectivity index is 0.000000165. The lowest BCUT2D eigenvalue weighted by Gasteiger charge is -2.28. The number of rotatable bonds is 2. The lowest BCUT2D eigenvalue weighted by molar-refractivity contribution is 0.235. The van der Waals surface area contributed by atoms with Crippen molar-refractivity contribution in [3.8, 4) is 0 Å². The minimum absolute atomic E-state index is 0.659. The molecule has 90 valence electrons. The standard InChI is InChI=1S/C9H12.C7H14/c1-8(2)9-6-4-3-5-7-9;1-6(2)7-4-3-5-7/h3-8H,1-2H3;6-7H,3-5H2,1-2H3. The molecule has 0 unspecified atom stereocenters. The molecule has 1 aromatic carbocycles. The predicted octanol–water partition coefficient (Wildman–Crippen LogP) is 5.25. The fourth-order valence-electron chi connectivity index (χ4n) is 1.94. The fourth-order valence-corrected chi connectivity index (χ4v) is 1.94. The van der Waals surface area contributed by atoms with Crippen LogP contribution in [-0.2, 0) is 0 Å². The molecule has 0 spiro atoms. The zero-order chi connectivity index (χ0) is 12.0. The Morgan fingerprint density at radius 1 is 0.938 bits per heavy atom. The van der Waals surface area contributed by atoms with E-state index in [9.17, 15) is 0 Å². The van der Waals surface area contributed by atoms with Gasteiger partial charge in [-0.1, -0.05) is 77.3 Å². The van der Waals surface area contributed by atoms with Crippen molar-refractivity contribution in [2.24, 2.45) is 11.8 Å². The summed E-state index contributed by atoms with van der Waals surface area (Å²) in [7, 11) is 0. The first-order valence-electron chi connectivity index (χ1n) is 6.66. The van der Waals surface area contributed by atoms with Crippen molar-refractivity contribution < 1.29 is 0 Å². The summed E-state index contributed by atoms with van der Waals surface area (Å²) in [4.78, 5) is 0. The molecule has 0 heteroatoms. The van der Waals surface area contributed by atoms with Crippen LogP contribution in [-0.4, -0.2) is 0 Å². The average Bonchev–Trinajstić information content (AvgIpc) is 2.16. The highest BCUT2D eigenvalue weighted by Crippen LogP contribution is 2.32. The normalized spacial score (nSPS) is 15.6. The Labute approximate surface area is 101 Å². The zero-order valence-corrected chi connectivity index (χ0v) is 11.2. The Hall–Kier alpha value is -0.780. The lowest BCUT2D eigenvalue weighted by atomic mass is 9.78. The molecule has 0 aromatic heterocycles. The number of hydrogen-bond acceptors (Lipinski definition) is 0. The van der Waals surface area contributed by atoms with Crippen LogP contribution in [0.3, 0.4) is 0 Å². The molecule has 0 nitrogen and oxygen atoms in total. The first-order chi connectivity index (χ1) is 7.61. The fraction of sp³-hybridized carbons (Fsp3) is 0.625. The van der Waals surface area contributed by atoms with Crippen LogP contribution in [0.1, 0.15) is 58.4 Å². The van der Waals surface area contributed by atoms with Crippen molar-refractivity contribution in [3.05, 3.63) is 35.9 Å². The van der Waals surface area contributed by atoms with Gasteiger partial charge >= 0.3 is 0 Å². The first-order valence-corrected chi connectivity index (χ1v) is 6.66. The summed E-state index contributed by atoms with van der Waals surface area (Å²) in [6.45, 7) is 9.05. The summed E-state index contributed by atoms with van der Waals surface area (Å²) in [5, 5.41) is 0. The maximum atomic E-state index is 2.32. The highest BCUT2D eigenvalue weighted by molar-refractivity contribution is 5.17. The molecular weight excluding hydrogens is 192 g/mol. The van der Waals surface area contributed by atoms with Gasteiger partial charge in [-0.2, -0.15) is 0 Å². The van der Waals surface area contributed by atoms with Crippen LogP contribution in [0.25, 0.3) is 0 Å². The van der Waals surface area contributed by atoms with Gasteiger partial charge < -0.3 is 0 Å². The molecule has 0 amide bonds. The third kappa shape index (κ3) is 4.38. The second-order valence-electron chi connectivity index (χ2n) is 5.50.